The van der Waals surface area contributed by atoms with Crippen molar-refractivity contribution in [2.45, 2.75) is 19.3 Å². The molecule has 8 nitrogen and oxygen atoms in total. The molecule has 1 aromatic rings. The molecule has 0 spiro atoms. The van der Waals surface area contributed by atoms with Crippen molar-refractivity contribution >= 4 is 27.5 Å². The van der Waals surface area contributed by atoms with Gasteiger partial charge in [0.2, 0.25) is 15.9 Å². The van der Waals surface area contributed by atoms with Crippen LogP contribution in [0.15, 0.2) is 24.3 Å². The van der Waals surface area contributed by atoms with E-state index in [-0.39, 0.29) is 18.4 Å². The van der Waals surface area contributed by atoms with E-state index in [1.54, 1.807) is 31.4 Å². The number of methoxy groups -OCH3 is 1. The molecule has 0 aromatic heterocycles. The summed E-state index contributed by atoms with van der Waals surface area (Å²) >= 11 is 0. The average Bonchev–Trinajstić information content (AvgIpc) is 2.65. The van der Waals surface area contributed by atoms with Crippen LogP contribution in [-0.4, -0.2) is 64.1 Å². The predicted molar refractivity (Wildman–Crippen MR) is 103 cm³/mol. The molecule has 1 heterocycles. The molecule has 1 fully saturated rings. The van der Waals surface area contributed by atoms with Crippen LogP contribution in [0.2, 0.25) is 0 Å². The van der Waals surface area contributed by atoms with Crippen LogP contribution in [0, 0.1) is 5.92 Å². The van der Waals surface area contributed by atoms with E-state index in [0.29, 0.717) is 50.2 Å². The molecular weight excluding hydrogens is 370 g/mol. The summed E-state index contributed by atoms with van der Waals surface area (Å²) in [6.07, 6.45) is 3.09. The third kappa shape index (κ3) is 6.30. The predicted octanol–water partition coefficient (Wildman–Crippen LogP) is 1.06. The highest BCUT2D eigenvalue weighted by atomic mass is 32.2. The van der Waals surface area contributed by atoms with Crippen molar-refractivity contribution < 1.29 is 22.7 Å². The van der Waals surface area contributed by atoms with Crippen molar-refractivity contribution in [3.63, 3.8) is 0 Å². The average molecular weight is 397 g/mol. The highest BCUT2D eigenvalue weighted by molar-refractivity contribution is 7.88. The molecule has 0 bridgehead atoms. The zero-order valence-electron chi connectivity index (χ0n) is 15.7. The van der Waals surface area contributed by atoms with E-state index in [4.69, 9.17) is 4.74 Å². The molecule has 27 heavy (non-hydrogen) atoms. The van der Waals surface area contributed by atoms with Crippen molar-refractivity contribution in [3.8, 4) is 0 Å². The zero-order chi connectivity index (χ0) is 19.9. The summed E-state index contributed by atoms with van der Waals surface area (Å²) in [4.78, 5) is 25.0. The van der Waals surface area contributed by atoms with Gasteiger partial charge in [0.05, 0.1) is 23.4 Å². The molecule has 0 radical (unpaired) electrons. The highest BCUT2D eigenvalue weighted by Crippen LogP contribution is 2.22. The van der Waals surface area contributed by atoms with Crippen LogP contribution >= 0.6 is 0 Å². The molecule has 1 aliphatic rings. The van der Waals surface area contributed by atoms with Crippen molar-refractivity contribution in [1.82, 2.24) is 9.62 Å². The van der Waals surface area contributed by atoms with E-state index in [9.17, 15) is 18.0 Å². The first kappa shape index (κ1) is 21.3. The molecule has 1 aliphatic heterocycles. The van der Waals surface area contributed by atoms with Crippen molar-refractivity contribution in [2.24, 2.45) is 5.92 Å². The lowest BCUT2D eigenvalue weighted by Crippen LogP contribution is -2.43. The number of sulfonamides is 1. The molecule has 2 amide bonds. The Morgan fingerprint density at radius 3 is 2.74 bits per heavy atom. The monoisotopic (exact) mass is 397 g/mol. The molecule has 150 valence electrons. The summed E-state index contributed by atoms with van der Waals surface area (Å²) < 4.78 is 29.7. The summed E-state index contributed by atoms with van der Waals surface area (Å²) in [5.41, 5.74) is 0.794. The van der Waals surface area contributed by atoms with E-state index in [0.717, 1.165) is 6.26 Å². The number of piperidine rings is 1. The largest absolute Gasteiger partial charge is 0.385 e. The summed E-state index contributed by atoms with van der Waals surface area (Å²) in [7, 11) is -1.72. The third-order valence-electron chi connectivity index (χ3n) is 4.46. The van der Waals surface area contributed by atoms with E-state index < -0.39 is 15.9 Å². The number of para-hydroxylation sites is 1. The van der Waals surface area contributed by atoms with Gasteiger partial charge in [-0.3, -0.25) is 9.59 Å². The Morgan fingerprint density at radius 1 is 1.30 bits per heavy atom. The minimum Gasteiger partial charge on any atom is -0.385 e. The van der Waals surface area contributed by atoms with Crippen molar-refractivity contribution in [3.05, 3.63) is 29.8 Å². The summed E-state index contributed by atoms with van der Waals surface area (Å²) in [5.74, 6) is -0.988. The molecule has 1 aromatic carbocycles. The number of nitrogens with zero attached hydrogens (tertiary/aromatic N) is 1. The maximum atomic E-state index is 12.6. The van der Waals surface area contributed by atoms with Gasteiger partial charge >= 0.3 is 0 Å². The number of hydrogen-bond donors (Lipinski definition) is 2. The lowest BCUT2D eigenvalue weighted by Gasteiger charge is -2.30. The first-order valence-electron chi connectivity index (χ1n) is 8.95. The topological polar surface area (TPSA) is 105 Å². The summed E-state index contributed by atoms with van der Waals surface area (Å²) in [6, 6.07) is 6.77. The first-order valence-corrected chi connectivity index (χ1v) is 10.8. The standard InChI is InChI=1S/C18H27N3O5S/c1-26-12-6-10-19-18(23)15-8-3-4-9-16(15)20-17(22)14-7-5-11-21(13-14)27(2,24)25/h3-4,8-9,14H,5-7,10-13H2,1-2H3,(H,19,23)(H,20,22)/t14-/m1/s1. The molecule has 0 aliphatic carbocycles. The Hall–Kier alpha value is -1.97. The molecule has 2 N–H and O–H groups in total. The van der Waals surface area contributed by atoms with Gasteiger partial charge in [0.15, 0.2) is 0 Å². The lowest BCUT2D eigenvalue weighted by molar-refractivity contribution is -0.120. The lowest BCUT2D eigenvalue weighted by atomic mass is 9.98. The van der Waals surface area contributed by atoms with Crippen molar-refractivity contribution in [1.29, 1.82) is 0 Å². The van der Waals surface area contributed by atoms with Crippen LogP contribution in [0.1, 0.15) is 29.6 Å². The van der Waals surface area contributed by atoms with Gasteiger partial charge in [-0.05, 0) is 31.4 Å². The van der Waals surface area contributed by atoms with E-state index >= 15 is 0 Å². The number of carbonyl (C=O) groups excluding carboxylic acids is 2. The Balaban J connectivity index is 2.02. The van der Waals surface area contributed by atoms with E-state index in [1.165, 1.54) is 4.31 Å². The fourth-order valence-corrected chi connectivity index (χ4v) is 3.91. The first-order chi connectivity index (χ1) is 12.8. The van der Waals surface area contributed by atoms with Gasteiger partial charge in [0, 0.05) is 33.4 Å². The summed E-state index contributed by atoms with van der Waals surface area (Å²) in [5, 5.41) is 5.58. The SMILES string of the molecule is COCCCNC(=O)c1ccccc1NC(=O)[C@@H]1CCCN(S(C)(=O)=O)C1. The van der Waals surface area contributed by atoms with Crippen LogP contribution in [0.25, 0.3) is 0 Å². The van der Waals surface area contributed by atoms with Gasteiger partial charge in [-0.1, -0.05) is 12.1 Å². The normalized spacial score (nSPS) is 18.1. The van der Waals surface area contributed by atoms with Crippen LogP contribution in [0.3, 0.4) is 0 Å². The van der Waals surface area contributed by atoms with E-state index in [2.05, 4.69) is 10.6 Å². The number of amides is 2. The fourth-order valence-electron chi connectivity index (χ4n) is 3.00. The maximum Gasteiger partial charge on any atom is 0.253 e. The van der Waals surface area contributed by atoms with Gasteiger partial charge in [0.25, 0.3) is 5.91 Å². The number of benzene rings is 1. The number of anilines is 1. The highest BCUT2D eigenvalue weighted by Gasteiger charge is 2.30. The van der Waals surface area contributed by atoms with Crippen LogP contribution < -0.4 is 10.6 Å². The number of rotatable bonds is 8. The van der Waals surface area contributed by atoms with Gasteiger partial charge in [-0.2, -0.15) is 0 Å². The Morgan fingerprint density at radius 2 is 2.04 bits per heavy atom. The molecular formula is C18H27N3O5S. The quantitative estimate of drug-likeness (QED) is 0.638. The fraction of sp³-hybridized carbons (Fsp3) is 0.556. The van der Waals surface area contributed by atoms with Gasteiger partial charge in [-0.15, -0.1) is 0 Å². The minimum atomic E-state index is -3.32. The van der Waals surface area contributed by atoms with Crippen LogP contribution in [0.5, 0.6) is 0 Å². The molecule has 9 heteroatoms. The number of hydrogen-bond acceptors (Lipinski definition) is 5. The second kappa shape index (κ2) is 9.82. The van der Waals surface area contributed by atoms with Gasteiger partial charge in [0.1, 0.15) is 0 Å². The number of carbonyl (C=O) groups is 2. The second-order valence-corrected chi connectivity index (χ2v) is 8.58. The zero-order valence-corrected chi connectivity index (χ0v) is 16.5. The summed E-state index contributed by atoms with van der Waals surface area (Å²) in [6.45, 7) is 1.62. The second-order valence-electron chi connectivity index (χ2n) is 6.60. The molecule has 0 unspecified atom stereocenters. The van der Waals surface area contributed by atoms with Crippen LogP contribution in [0.4, 0.5) is 5.69 Å². The van der Waals surface area contributed by atoms with Gasteiger partial charge < -0.3 is 15.4 Å². The Bertz CT molecular complexity index is 766. The number of nitrogens with one attached hydrogen (secondary N) is 2. The Kier molecular flexibility index (Phi) is 7.76. The smallest absolute Gasteiger partial charge is 0.253 e. The molecule has 1 atom stereocenters. The number of ether oxygens (including phenoxy) is 1. The van der Waals surface area contributed by atoms with Gasteiger partial charge in [-0.25, -0.2) is 12.7 Å². The molecule has 2 rings (SSSR count). The Labute approximate surface area is 160 Å². The third-order valence-corrected chi connectivity index (χ3v) is 5.73. The van der Waals surface area contributed by atoms with Crippen LogP contribution in [-0.2, 0) is 19.6 Å². The molecule has 1 saturated heterocycles. The van der Waals surface area contributed by atoms with E-state index in [1.807, 2.05) is 0 Å². The molecule has 0 saturated carbocycles. The minimum absolute atomic E-state index is 0.163. The van der Waals surface area contributed by atoms with Crippen molar-refractivity contribution in [2.75, 3.05) is 44.9 Å². The maximum absolute atomic E-state index is 12.6.